The molecule has 2 bridgehead atoms. The molecule has 2 aliphatic carbocycles. The van der Waals surface area contributed by atoms with Crippen LogP contribution in [0, 0.1) is 16.7 Å². The fourth-order valence-electron chi connectivity index (χ4n) is 5.98. The van der Waals surface area contributed by atoms with E-state index in [2.05, 4.69) is 36.6 Å². The van der Waals surface area contributed by atoms with Crippen LogP contribution in [-0.4, -0.2) is 61.5 Å². The Bertz CT molecular complexity index is 704. The molecule has 1 heterocycles. The van der Waals surface area contributed by atoms with Crippen molar-refractivity contribution in [2.75, 3.05) is 44.2 Å². The van der Waals surface area contributed by atoms with E-state index in [0.29, 0.717) is 23.5 Å². The summed E-state index contributed by atoms with van der Waals surface area (Å²) < 4.78 is 6.32. The predicted octanol–water partition coefficient (Wildman–Crippen LogP) is 4.44. The van der Waals surface area contributed by atoms with Crippen molar-refractivity contribution in [2.24, 2.45) is 16.7 Å². The number of aliphatic hydroxyl groups excluding tert-OH is 1. The Balaban J connectivity index is 1.17. The molecule has 3 fully saturated rings. The highest BCUT2D eigenvalue weighted by molar-refractivity contribution is 6.30. The third kappa shape index (κ3) is 4.19. The van der Waals surface area contributed by atoms with Gasteiger partial charge in [0, 0.05) is 50.0 Å². The Morgan fingerprint density at radius 2 is 1.97 bits per heavy atom. The Kier molecular flexibility index (Phi) is 6.19. The van der Waals surface area contributed by atoms with Gasteiger partial charge in [-0.2, -0.15) is 0 Å². The maximum atomic E-state index is 10.5. The standard InChI is InChI=1S/C24H37ClN2O2/c1-23(2)18-7-9-24(23,3)22(15-18)29-14-8-21(28)17-26-10-12-27(13-11-26)20-6-4-5-19(25)16-20/h4-6,16,18,21-22,28H,7-15,17H2,1-3H3/t18-,21+,22-,24-/m1/s1. The van der Waals surface area contributed by atoms with Crippen molar-refractivity contribution in [2.45, 2.75) is 58.7 Å². The summed E-state index contributed by atoms with van der Waals surface area (Å²) in [5, 5.41) is 11.3. The van der Waals surface area contributed by atoms with Crippen molar-refractivity contribution in [3.63, 3.8) is 0 Å². The SMILES string of the molecule is CC1(C)[C@@H]2CC[C@]1(C)[C@H](OCC[C@H](O)CN1CCN(c3cccc(Cl)c3)CC1)C2. The highest BCUT2D eigenvalue weighted by Crippen LogP contribution is 2.66. The van der Waals surface area contributed by atoms with Gasteiger partial charge in [-0.05, 0) is 60.6 Å². The van der Waals surface area contributed by atoms with Crippen molar-refractivity contribution in [3.8, 4) is 0 Å². The van der Waals surface area contributed by atoms with Gasteiger partial charge in [0.05, 0.1) is 12.2 Å². The van der Waals surface area contributed by atoms with E-state index in [9.17, 15) is 5.11 Å². The van der Waals surface area contributed by atoms with E-state index < -0.39 is 0 Å². The van der Waals surface area contributed by atoms with Gasteiger partial charge >= 0.3 is 0 Å². The van der Waals surface area contributed by atoms with Crippen LogP contribution >= 0.6 is 11.6 Å². The lowest BCUT2D eigenvalue weighted by molar-refractivity contribution is -0.0564. The number of hydrogen-bond acceptors (Lipinski definition) is 4. The van der Waals surface area contributed by atoms with Crippen LogP contribution in [0.1, 0.15) is 46.5 Å². The number of piperazine rings is 1. The molecule has 2 saturated carbocycles. The number of fused-ring (bicyclic) bond motifs is 2. The van der Waals surface area contributed by atoms with Crippen molar-refractivity contribution in [1.82, 2.24) is 4.90 Å². The smallest absolute Gasteiger partial charge is 0.0689 e. The summed E-state index contributed by atoms with van der Waals surface area (Å²) >= 11 is 6.12. The summed E-state index contributed by atoms with van der Waals surface area (Å²) in [5.41, 5.74) is 1.88. The first-order valence-corrected chi connectivity index (χ1v) is 11.7. The van der Waals surface area contributed by atoms with Gasteiger partial charge in [-0.1, -0.05) is 38.4 Å². The Morgan fingerprint density at radius 1 is 1.21 bits per heavy atom. The number of anilines is 1. The summed E-state index contributed by atoms with van der Waals surface area (Å²) in [4.78, 5) is 4.74. The molecule has 0 radical (unpaired) electrons. The maximum Gasteiger partial charge on any atom is 0.0689 e. The van der Waals surface area contributed by atoms with Gasteiger partial charge in [0.2, 0.25) is 0 Å². The lowest BCUT2D eigenvalue weighted by Gasteiger charge is -2.39. The highest BCUT2D eigenvalue weighted by Gasteiger charge is 2.61. The molecule has 0 unspecified atom stereocenters. The minimum absolute atomic E-state index is 0.305. The van der Waals surface area contributed by atoms with Crippen LogP contribution in [0.5, 0.6) is 0 Å². The molecule has 1 aromatic carbocycles. The van der Waals surface area contributed by atoms with E-state index >= 15 is 0 Å². The fourth-order valence-corrected chi connectivity index (χ4v) is 6.16. The molecule has 29 heavy (non-hydrogen) atoms. The Labute approximate surface area is 181 Å². The minimum Gasteiger partial charge on any atom is -0.392 e. The molecule has 3 aliphatic rings. The van der Waals surface area contributed by atoms with Crippen molar-refractivity contribution < 1.29 is 9.84 Å². The first-order valence-electron chi connectivity index (χ1n) is 11.3. The molecule has 0 aromatic heterocycles. The number of nitrogens with zero attached hydrogens (tertiary/aromatic N) is 2. The average molecular weight is 421 g/mol. The van der Waals surface area contributed by atoms with Gasteiger partial charge in [0.25, 0.3) is 0 Å². The topological polar surface area (TPSA) is 35.9 Å². The molecule has 4 rings (SSSR count). The van der Waals surface area contributed by atoms with Crippen LogP contribution in [0.3, 0.4) is 0 Å². The number of halogens is 1. The number of β-amino-alcohol motifs (C(OH)–C–C–N with tert-alkyl or cyclic N) is 1. The molecular weight excluding hydrogens is 384 g/mol. The summed E-state index contributed by atoms with van der Waals surface area (Å²) in [5.74, 6) is 0.804. The molecule has 4 atom stereocenters. The Hall–Kier alpha value is -0.810. The molecular formula is C24H37ClN2O2. The van der Waals surface area contributed by atoms with E-state index in [-0.39, 0.29) is 6.10 Å². The molecule has 5 heteroatoms. The van der Waals surface area contributed by atoms with E-state index in [0.717, 1.165) is 50.1 Å². The van der Waals surface area contributed by atoms with Gasteiger partial charge in [0.1, 0.15) is 0 Å². The summed E-state index contributed by atoms with van der Waals surface area (Å²) in [6, 6.07) is 8.06. The lowest BCUT2D eigenvalue weighted by Crippen LogP contribution is -2.48. The second-order valence-electron chi connectivity index (χ2n) is 10.2. The van der Waals surface area contributed by atoms with Crippen LogP contribution < -0.4 is 4.90 Å². The van der Waals surface area contributed by atoms with Crippen LogP contribution in [0.25, 0.3) is 0 Å². The van der Waals surface area contributed by atoms with E-state index in [1.807, 2.05) is 18.2 Å². The fraction of sp³-hybridized carbons (Fsp3) is 0.750. The third-order valence-corrected chi connectivity index (χ3v) is 8.73. The number of benzene rings is 1. The van der Waals surface area contributed by atoms with Gasteiger partial charge in [0.15, 0.2) is 0 Å². The Morgan fingerprint density at radius 3 is 2.59 bits per heavy atom. The van der Waals surface area contributed by atoms with Gasteiger partial charge < -0.3 is 14.7 Å². The first kappa shape index (κ1) is 21.4. The quantitative estimate of drug-likeness (QED) is 0.707. The monoisotopic (exact) mass is 420 g/mol. The molecule has 4 nitrogen and oxygen atoms in total. The zero-order valence-electron chi connectivity index (χ0n) is 18.2. The normalized spacial score (nSPS) is 32.7. The van der Waals surface area contributed by atoms with Gasteiger partial charge in [-0.15, -0.1) is 0 Å². The van der Waals surface area contributed by atoms with Gasteiger partial charge in [-0.3, -0.25) is 4.90 Å². The van der Waals surface area contributed by atoms with E-state index in [1.54, 1.807) is 0 Å². The third-order valence-electron chi connectivity index (χ3n) is 8.50. The van der Waals surface area contributed by atoms with Gasteiger partial charge in [-0.25, -0.2) is 0 Å². The molecule has 1 aliphatic heterocycles. The summed E-state index contributed by atoms with van der Waals surface area (Å²) in [6.07, 6.45) is 4.62. The molecule has 0 amide bonds. The second-order valence-corrected chi connectivity index (χ2v) is 10.6. The highest BCUT2D eigenvalue weighted by atomic mass is 35.5. The minimum atomic E-state index is -0.313. The van der Waals surface area contributed by atoms with E-state index in [4.69, 9.17) is 16.3 Å². The lowest BCUT2D eigenvalue weighted by atomic mass is 9.70. The summed E-state index contributed by atoms with van der Waals surface area (Å²) in [7, 11) is 0. The molecule has 1 saturated heterocycles. The zero-order chi connectivity index (χ0) is 20.6. The van der Waals surface area contributed by atoms with Crippen LogP contribution in [0.15, 0.2) is 24.3 Å². The maximum absolute atomic E-state index is 10.5. The molecule has 1 aromatic rings. The first-order chi connectivity index (χ1) is 13.8. The molecule has 1 N–H and O–H groups in total. The van der Waals surface area contributed by atoms with Crippen molar-refractivity contribution >= 4 is 17.3 Å². The molecule has 162 valence electrons. The summed E-state index contributed by atoms with van der Waals surface area (Å²) in [6.45, 7) is 12.6. The van der Waals surface area contributed by atoms with E-state index in [1.165, 1.54) is 24.9 Å². The second kappa shape index (κ2) is 8.37. The largest absolute Gasteiger partial charge is 0.392 e. The molecule has 0 spiro atoms. The van der Waals surface area contributed by atoms with Crippen molar-refractivity contribution in [3.05, 3.63) is 29.3 Å². The van der Waals surface area contributed by atoms with Crippen LogP contribution in [-0.2, 0) is 4.74 Å². The number of rotatable bonds is 7. The predicted molar refractivity (Wildman–Crippen MR) is 120 cm³/mol. The average Bonchev–Trinajstić information content (AvgIpc) is 3.02. The number of hydrogen-bond donors (Lipinski definition) is 1. The zero-order valence-corrected chi connectivity index (χ0v) is 19.0. The van der Waals surface area contributed by atoms with Crippen LogP contribution in [0.2, 0.25) is 5.02 Å². The number of aliphatic hydroxyl groups is 1. The van der Waals surface area contributed by atoms with Crippen molar-refractivity contribution in [1.29, 1.82) is 0 Å². The van der Waals surface area contributed by atoms with Crippen LogP contribution in [0.4, 0.5) is 5.69 Å². The number of ether oxygens (including phenoxy) is 1.